The van der Waals surface area contributed by atoms with E-state index in [9.17, 15) is 13.2 Å². The number of methoxy groups -OCH3 is 1. The molecule has 6 nitrogen and oxygen atoms in total. The summed E-state index contributed by atoms with van der Waals surface area (Å²) in [7, 11) is -2.27. The molecule has 27 heavy (non-hydrogen) atoms. The number of sulfonamides is 1. The summed E-state index contributed by atoms with van der Waals surface area (Å²) in [6, 6.07) is 14.1. The van der Waals surface area contributed by atoms with Gasteiger partial charge in [0.2, 0.25) is 10.0 Å². The summed E-state index contributed by atoms with van der Waals surface area (Å²) in [5, 5.41) is 2.82. The van der Waals surface area contributed by atoms with Crippen LogP contribution in [0.2, 0.25) is 0 Å². The van der Waals surface area contributed by atoms with Crippen molar-refractivity contribution < 1.29 is 17.9 Å². The highest BCUT2D eigenvalue weighted by atomic mass is 32.2. The van der Waals surface area contributed by atoms with E-state index in [0.29, 0.717) is 25.2 Å². The highest BCUT2D eigenvalue weighted by Crippen LogP contribution is 2.29. The standard InChI is InChI=1S/C20H24N2O4S/c1-26-18-11-10-17(20(23)21-15-16-8-4-2-5-9-16)14-19(18)27(24,25)22-12-6-3-7-13-22/h2,4-5,8-11,14H,3,6-7,12-13,15H2,1H3,(H,21,23). The summed E-state index contributed by atoms with van der Waals surface area (Å²) >= 11 is 0. The first-order valence-electron chi connectivity index (χ1n) is 9.02. The minimum absolute atomic E-state index is 0.0410. The van der Waals surface area contributed by atoms with Crippen LogP contribution in [-0.2, 0) is 16.6 Å². The van der Waals surface area contributed by atoms with Crippen LogP contribution in [0, 0.1) is 0 Å². The average Bonchev–Trinajstić information content (AvgIpc) is 2.73. The Morgan fingerprint density at radius 1 is 1.07 bits per heavy atom. The predicted molar refractivity (Wildman–Crippen MR) is 103 cm³/mol. The van der Waals surface area contributed by atoms with Crippen LogP contribution in [0.4, 0.5) is 0 Å². The fourth-order valence-corrected chi connectivity index (χ4v) is 4.84. The molecule has 2 aromatic carbocycles. The molecule has 1 heterocycles. The monoisotopic (exact) mass is 388 g/mol. The SMILES string of the molecule is COc1ccc(C(=O)NCc2ccccc2)cc1S(=O)(=O)N1CCCCC1. The second kappa shape index (κ2) is 8.54. The molecule has 0 aromatic heterocycles. The minimum atomic E-state index is -3.70. The van der Waals surface area contributed by atoms with E-state index in [2.05, 4.69) is 5.32 Å². The molecule has 0 bridgehead atoms. The third-order valence-corrected chi connectivity index (χ3v) is 6.57. The Bertz CT molecular complexity index is 891. The van der Waals surface area contributed by atoms with Crippen LogP contribution in [0.5, 0.6) is 5.75 Å². The van der Waals surface area contributed by atoms with E-state index < -0.39 is 10.0 Å². The lowest BCUT2D eigenvalue weighted by Crippen LogP contribution is -2.36. The quantitative estimate of drug-likeness (QED) is 0.826. The topological polar surface area (TPSA) is 75.7 Å². The number of nitrogens with zero attached hydrogens (tertiary/aromatic N) is 1. The van der Waals surface area contributed by atoms with Crippen LogP contribution in [0.15, 0.2) is 53.4 Å². The number of carbonyl (C=O) groups is 1. The van der Waals surface area contributed by atoms with Crippen molar-refractivity contribution in [3.63, 3.8) is 0 Å². The Morgan fingerprint density at radius 2 is 1.78 bits per heavy atom. The van der Waals surface area contributed by atoms with E-state index in [4.69, 9.17) is 4.74 Å². The second-order valence-corrected chi connectivity index (χ2v) is 8.41. The summed E-state index contributed by atoms with van der Waals surface area (Å²) in [5.41, 5.74) is 1.27. The molecule has 0 atom stereocenters. The van der Waals surface area contributed by atoms with Gasteiger partial charge in [0.15, 0.2) is 0 Å². The van der Waals surface area contributed by atoms with Gasteiger partial charge >= 0.3 is 0 Å². The first-order chi connectivity index (χ1) is 13.0. The minimum Gasteiger partial charge on any atom is -0.495 e. The van der Waals surface area contributed by atoms with E-state index in [1.54, 1.807) is 6.07 Å². The number of carbonyl (C=O) groups excluding carboxylic acids is 1. The maximum Gasteiger partial charge on any atom is 0.251 e. The van der Waals surface area contributed by atoms with Gasteiger partial charge in [0.05, 0.1) is 7.11 Å². The van der Waals surface area contributed by atoms with Crippen molar-refractivity contribution in [3.8, 4) is 5.75 Å². The number of hydrogen-bond donors (Lipinski definition) is 1. The van der Waals surface area contributed by atoms with Crippen LogP contribution in [-0.4, -0.2) is 38.8 Å². The molecule has 0 saturated carbocycles. The van der Waals surface area contributed by atoms with Crippen molar-refractivity contribution in [1.29, 1.82) is 0 Å². The lowest BCUT2D eigenvalue weighted by molar-refractivity contribution is 0.0950. The zero-order chi connectivity index (χ0) is 19.3. The van der Waals surface area contributed by atoms with Crippen molar-refractivity contribution in [2.75, 3.05) is 20.2 Å². The van der Waals surface area contributed by atoms with Crippen LogP contribution in [0.25, 0.3) is 0 Å². The molecule has 1 aliphatic rings. The van der Waals surface area contributed by atoms with E-state index in [1.165, 1.54) is 23.5 Å². The van der Waals surface area contributed by atoms with Gasteiger partial charge in [0.25, 0.3) is 5.91 Å². The van der Waals surface area contributed by atoms with Crippen LogP contribution >= 0.6 is 0 Å². The van der Waals surface area contributed by atoms with E-state index >= 15 is 0 Å². The smallest absolute Gasteiger partial charge is 0.251 e. The van der Waals surface area contributed by atoms with Crippen LogP contribution < -0.4 is 10.1 Å². The molecular formula is C20H24N2O4S. The molecule has 0 spiro atoms. The molecule has 144 valence electrons. The fourth-order valence-electron chi connectivity index (χ4n) is 3.14. The summed E-state index contributed by atoms with van der Waals surface area (Å²) in [5.74, 6) is -0.0724. The largest absolute Gasteiger partial charge is 0.495 e. The molecule has 1 saturated heterocycles. The number of piperidine rings is 1. The maximum atomic E-state index is 13.0. The zero-order valence-electron chi connectivity index (χ0n) is 15.3. The predicted octanol–water partition coefficient (Wildman–Crippen LogP) is 2.80. The van der Waals surface area contributed by atoms with E-state index in [0.717, 1.165) is 24.8 Å². The van der Waals surface area contributed by atoms with Crippen molar-refractivity contribution in [1.82, 2.24) is 9.62 Å². The van der Waals surface area contributed by atoms with Crippen LogP contribution in [0.1, 0.15) is 35.2 Å². The molecule has 3 rings (SSSR count). The summed E-state index contributed by atoms with van der Waals surface area (Å²) in [4.78, 5) is 12.6. The number of benzene rings is 2. The zero-order valence-corrected chi connectivity index (χ0v) is 16.2. The first kappa shape index (κ1) is 19.4. The third-order valence-electron chi connectivity index (χ3n) is 4.65. The van der Waals surface area contributed by atoms with Crippen molar-refractivity contribution in [2.24, 2.45) is 0 Å². The molecule has 1 amide bonds. The summed E-state index contributed by atoms with van der Waals surface area (Å²) < 4.78 is 32.8. The van der Waals surface area contributed by atoms with E-state index in [1.807, 2.05) is 30.3 Å². The van der Waals surface area contributed by atoms with Crippen molar-refractivity contribution >= 4 is 15.9 Å². The molecule has 1 N–H and O–H groups in total. The van der Waals surface area contributed by atoms with Gasteiger partial charge in [-0.2, -0.15) is 4.31 Å². The van der Waals surface area contributed by atoms with Gasteiger partial charge < -0.3 is 10.1 Å². The normalized spacial score (nSPS) is 15.3. The van der Waals surface area contributed by atoms with Gasteiger partial charge in [-0.25, -0.2) is 8.42 Å². The van der Waals surface area contributed by atoms with Gasteiger partial charge in [0.1, 0.15) is 10.6 Å². The number of amides is 1. The number of hydrogen-bond acceptors (Lipinski definition) is 4. The summed E-state index contributed by atoms with van der Waals surface area (Å²) in [6.07, 6.45) is 2.72. The van der Waals surface area contributed by atoms with Gasteiger partial charge in [-0.05, 0) is 36.6 Å². The van der Waals surface area contributed by atoms with Gasteiger partial charge in [-0.1, -0.05) is 36.8 Å². The Kier molecular flexibility index (Phi) is 6.13. The lowest BCUT2D eigenvalue weighted by atomic mass is 10.2. The lowest BCUT2D eigenvalue weighted by Gasteiger charge is -2.26. The molecule has 1 fully saturated rings. The van der Waals surface area contributed by atoms with Gasteiger partial charge in [-0.15, -0.1) is 0 Å². The molecule has 7 heteroatoms. The maximum absolute atomic E-state index is 13.0. The second-order valence-electron chi connectivity index (χ2n) is 6.50. The Labute approximate surface area is 160 Å². The van der Waals surface area contributed by atoms with Crippen molar-refractivity contribution in [3.05, 3.63) is 59.7 Å². The Morgan fingerprint density at radius 3 is 2.44 bits per heavy atom. The molecule has 0 aliphatic carbocycles. The Hall–Kier alpha value is -2.38. The average molecular weight is 388 g/mol. The molecule has 0 radical (unpaired) electrons. The number of rotatable bonds is 6. The van der Waals surface area contributed by atoms with Gasteiger partial charge in [0, 0.05) is 25.2 Å². The number of nitrogens with one attached hydrogen (secondary N) is 1. The molecular weight excluding hydrogens is 364 g/mol. The first-order valence-corrected chi connectivity index (χ1v) is 10.5. The van der Waals surface area contributed by atoms with E-state index in [-0.39, 0.29) is 16.6 Å². The molecule has 1 aliphatic heterocycles. The molecule has 2 aromatic rings. The Balaban J connectivity index is 1.83. The van der Waals surface area contributed by atoms with Crippen molar-refractivity contribution in [2.45, 2.75) is 30.7 Å². The third kappa shape index (κ3) is 4.48. The highest BCUT2D eigenvalue weighted by molar-refractivity contribution is 7.89. The highest BCUT2D eigenvalue weighted by Gasteiger charge is 2.29. The van der Waals surface area contributed by atoms with Gasteiger partial charge in [-0.3, -0.25) is 4.79 Å². The molecule has 0 unspecified atom stereocenters. The van der Waals surface area contributed by atoms with Crippen LogP contribution in [0.3, 0.4) is 0 Å². The number of ether oxygens (including phenoxy) is 1. The summed E-state index contributed by atoms with van der Waals surface area (Å²) in [6.45, 7) is 1.37. The fraction of sp³-hybridized carbons (Fsp3) is 0.350.